The van der Waals surface area contributed by atoms with Crippen LogP contribution in [0.2, 0.25) is 10.0 Å². The Kier molecular flexibility index (Phi) is 6.09. The number of aryl methyl sites for hydroxylation is 1. The zero-order valence-corrected chi connectivity index (χ0v) is 15.3. The smallest absolute Gasteiger partial charge is 0.294 e. The van der Waals surface area contributed by atoms with Gasteiger partial charge in [-0.05, 0) is 24.6 Å². The number of hydrogen-bond donors (Lipinski definition) is 1. The van der Waals surface area contributed by atoms with Crippen LogP contribution >= 0.6 is 35.0 Å². The number of amides is 1. The minimum absolute atomic E-state index is 0.0756. The summed E-state index contributed by atoms with van der Waals surface area (Å²) >= 11 is 12.9. The fourth-order valence-electron chi connectivity index (χ4n) is 1.80. The highest BCUT2D eigenvalue weighted by Crippen LogP contribution is 2.23. The quantitative estimate of drug-likeness (QED) is 0.619. The largest absolute Gasteiger partial charge is 0.341 e. The zero-order chi connectivity index (χ0) is 17.9. The first-order chi connectivity index (χ1) is 11.3. The van der Waals surface area contributed by atoms with Crippen LogP contribution in [-0.2, 0) is 11.3 Å². The highest BCUT2D eigenvalue weighted by Gasteiger charge is 2.14. The van der Waals surface area contributed by atoms with Crippen LogP contribution in [-0.4, -0.2) is 38.5 Å². The molecule has 0 bridgehead atoms. The van der Waals surface area contributed by atoms with E-state index in [0.717, 1.165) is 22.0 Å². The van der Waals surface area contributed by atoms with Crippen molar-refractivity contribution in [1.82, 2.24) is 19.8 Å². The molecular formula is C14H15Cl2N5O2S. The van der Waals surface area contributed by atoms with Crippen LogP contribution in [0.15, 0.2) is 28.2 Å². The monoisotopic (exact) mass is 387 g/mol. The molecule has 0 radical (unpaired) electrons. The molecule has 10 heteroatoms. The van der Waals surface area contributed by atoms with Crippen molar-refractivity contribution in [3.05, 3.63) is 49.9 Å². The van der Waals surface area contributed by atoms with Crippen molar-refractivity contribution in [2.45, 2.75) is 18.6 Å². The lowest BCUT2D eigenvalue weighted by Crippen LogP contribution is -2.33. The van der Waals surface area contributed by atoms with Crippen molar-refractivity contribution in [2.75, 3.05) is 18.6 Å². The maximum absolute atomic E-state index is 12.2. The van der Waals surface area contributed by atoms with E-state index in [-0.39, 0.29) is 22.5 Å². The summed E-state index contributed by atoms with van der Waals surface area (Å²) in [7, 11) is 1.67. The summed E-state index contributed by atoms with van der Waals surface area (Å²) in [5.74, 6) is 5.55. The number of carbonyl (C=O) groups excluding carboxylic acids is 1. The molecule has 1 amide bonds. The predicted octanol–water partition coefficient (Wildman–Crippen LogP) is 1.72. The van der Waals surface area contributed by atoms with Crippen LogP contribution in [0.5, 0.6) is 0 Å². The number of carbonyl (C=O) groups is 1. The van der Waals surface area contributed by atoms with Gasteiger partial charge in [0.25, 0.3) is 5.56 Å². The predicted molar refractivity (Wildman–Crippen MR) is 94.8 cm³/mol. The second-order valence-electron chi connectivity index (χ2n) is 5.03. The fraction of sp³-hybridized carbons (Fsp3) is 0.286. The van der Waals surface area contributed by atoms with Crippen LogP contribution in [0, 0.1) is 6.92 Å². The van der Waals surface area contributed by atoms with Crippen LogP contribution < -0.4 is 11.4 Å². The summed E-state index contributed by atoms with van der Waals surface area (Å²) in [6.45, 7) is 1.90. The number of nitrogen functional groups attached to an aromatic ring is 1. The van der Waals surface area contributed by atoms with Gasteiger partial charge in [0, 0.05) is 13.6 Å². The standard InChI is InChI=1S/C14H15Cl2N5O2S/c1-8-13(23)21(17)14(19-18-8)24-7-12(22)20(2)6-9-3-4-10(15)11(16)5-9/h3-5H,6-7,17H2,1-2H3. The average Bonchev–Trinajstić information content (AvgIpc) is 2.55. The van der Waals surface area contributed by atoms with Crippen LogP contribution in [0.4, 0.5) is 0 Å². The Morgan fingerprint density at radius 1 is 1.33 bits per heavy atom. The second-order valence-corrected chi connectivity index (χ2v) is 6.79. The van der Waals surface area contributed by atoms with Gasteiger partial charge in [-0.1, -0.05) is 41.0 Å². The van der Waals surface area contributed by atoms with E-state index in [9.17, 15) is 9.59 Å². The summed E-state index contributed by atoms with van der Waals surface area (Å²) in [5.41, 5.74) is 0.616. The van der Waals surface area contributed by atoms with Gasteiger partial charge in [0.15, 0.2) is 0 Å². The number of aromatic nitrogens is 3. The Bertz CT molecular complexity index is 827. The van der Waals surface area contributed by atoms with E-state index < -0.39 is 5.56 Å². The Balaban J connectivity index is 1.98. The zero-order valence-electron chi connectivity index (χ0n) is 13.0. The number of hydrogen-bond acceptors (Lipinski definition) is 6. The van der Waals surface area contributed by atoms with Crippen molar-refractivity contribution in [2.24, 2.45) is 0 Å². The van der Waals surface area contributed by atoms with Crippen molar-refractivity contribution in [3.63, 3.8) is 0 Å². The van der Waals surface area contributed by atoms with Gasteiger partial charge in [-0.25, -0.2) is 0 Å². The summed E-state index contributed by atoms with van der Waals surface area (Å²) in [4.78, 5) is 25.4. The third-order valence-electron chi connectivity index (χ3n) is 3.17. The lowest BCUT2D eigenvalue weighted by molar-refractivity contribution is -0.127. The normalized spacial score (nSPS) is 10.7. The molecule has 1 heterocycles. The SMILES string of the molecule is Cc1nnc(SCC(=O)N(C)Cc2ccc(Cl)c(Cl)c2)n(N)c1=O. The molecule has 24 heavy (non-hydrogen) atoms. The summed E-state index contributed by atoms with van der Waals surface area (Å²) in [5, 5.41) is 8.62. The molecule has 0 fully saturated rings. The van der Waals surface area contributed by atoms with Crippen LogP contribution in [0.1, 0.15) is 11.3 Å². The number of benzene rings is 1. The molecule has 2 N–H and O–H groups in total. The molecule has 0 atom stereocenters. The van der Waals surface area contributed by atoms with Gasteiger partial charge in [0.1, 0.15) is 5.69 Å². The summed E-state index contributed by atoms with van der Waals surface area (Å²) < 4.78 is 0.888. The van der Waals surface area contributed by atoms with E-state index >= 15 is 0 Å². The van der Waals surface area contributed by atoms with Crippen molar-refractivity contribution in [3.8, 4) is 0 Å². The fourth-order valence-corrected chi connectivity index (χ4v) is 2.92. The first kappa shape index (κ1) is 18.6. The highest BCUT2D eigenvalue weighted by molar-refractivity contribution is 7.99. The molecular weight excluding hydrogens is 373 g/mol. The molecule has 0 saturated carbocycles. The van der Waals surface area contributed by atoms with E-state index in [1.807, 2.05) is 0 Å². The third kappa shape index (κ3) is 4.40. The van der Waals surface area contributed by atoms with Crippen molar-refractivity contribution >= 4 is 40.9 Å². The van der Waals surface area contributed by atoms with Gasteiger partial charge < -0.3 is 10.7 Å². The second kappa shape index (κ2) is 7.87. The van der Waals surface area contributed by atoms with Gasteiger partial charge in [-0.3, -0.25) is 9.59 Å². The molecule has 0 aliphatic rings. The van der Waals surface area contributed by atoms with E-state index in [1.165, 1.54) is 11.8 Å². The lowest BCUT2D eigenvalue weighted by Gasteiger charge is -2.17. The molecule has 2 aromatic rings. The topological polar surface area (TPSA) is 94.1 Å². The maximum atomic E-state index is 12.2. The summed E-state index contributed by atoms with van der Waals surface area (Å²) in [6, 6.07) is 5.19. The molecule has 1 aromatic heterocycles. The van der Waals surface area contributed by atoms with Gasteiger partial charge in [0.05, 0.1) is 15.8 Å². The first-order valence-corrected chi connectivity index (χ1v) is 8.56. The van der Waals surface area contributed by atoms with Crippen molar-refractivity contribution < 1.29 is 4.79 Å². The van der Waals surface area contributed by atoms with E-state index in [0.29, 0.717) is 16.6 Å². The molecule has 0 saturated heterocycles. The lowest BCUT2D eigenvalue weighted by atomic mass is 10.2. The molecule has 2 rings (SSSR count). The molecule has 1 aromatic carbocycles. The van der Waals surface area contributed by atoms with E-state index in [2.05, 4.69) is 10.2 Å². The van der Waals surface area contributed by atoms with Crippen molar-refractivity contribution in [1.29, 1.82) is 0 Å². The van der Waals surface area contributed by atoms with Crippen LogP contribution in [0.25, 0.3) is 0 Å². The van der Waals surface area contributed by atoms with Gasteiger partial charge >= 0.3 is 0 Å². The Labute approximate surface area is 152 Å². The van der Waals surface area contributed by atoms with Gasteiger partial charge in [0.2, 0.25) is 11.1 Å². The third-order valence-corrected chi connectivity index (χ3v) is 4.84. The van der Waals surface area contributed by atoms with E-state index in [4.69, 9.17) is 29.0 Å². The Morgan fingerprint density at radius 3 is 2.71 bits per heavy atom. The number of halogens is 2. The number of thioether (sulfide) groups is 1. The molecule has 0 unspecified atom stereocenters. The first-order valence-electron chi connectivity index (χ1n) is 6.81. The number of nitrogens with two attached hydrogens (primary N) is 1. The molecule has 0 aliphatic carbocycles. The average molecular weight is 388 g/mol. The maximum Gasteiger partial charge on any atom is 0.294 e. The van der Waals surface area contributed by atoms with Gasteiger partial charge in [-0.2, -0.15) is 4.68 Å². The molecule has 7 nitrogen and oxygen atoms in total. The van der Waals surface area contributed by atoms with Crippen LogP contribution in [0.3, 0.4) is 0 Å². The number of nitrogens with zero attached hydrogens (tertiary/aromatic N) is 4. The highest BCUT2D eigenvalue weighted by atomic mass is 35.5. The van der Waals surface area contributed by atoms with Gasteiger partial charge in [-0.15, -0.1) is 10.2 Å². The number of rotatable bonds is 5. The minimum Gasteiger partial charge on any atom is -0.341 e. The van der Waals surface area contributed by atoms with E-state index in [1.54, 1.807) is 25.2 Å². The molecule has 128 valence electrons. The Hall–Kier alpha value is -1.77. The Morgan fingerprint density at radius 2 is 2.04 bits per heavy atom. The molecule has 0 aliphatic heterocycles. The molecule has 0 spiro atoms. The minimum atomic E-state index is -0.441. The summed E-state index contributed by atoms with van der Waals surface area (Å²) in [6.07, 6.45) is 0.